The highest BCUT2D eigenvalue weighted by atomic mass is 16.5. The predicted molar refractivity (Wildman–Crippen MR) is 51.6 cm³/mol. The van der Waals surface area contributed by atoms with Crippen molar-refractivity contribution in [1.82, 2.24) is 0 Å². The second-order valence-corrected chi connectivity index (χ2v) is 3.78. The van der Waals surface area contributed by atoms with Crippen LogP contribution in [-0.4, -0.2) is 5.60 Å². The molecule has 0 spiro atoms. The highest BCUT2D eigenvalue weighted by Gasteiger charge is 2.19. The Hall–Kier alpha value is -1.56. The van der Waals surface area contributed by atoms with Crippen LogP contribution in [0.3, 0.4) is 0 Å². The first-order chi connectivity index (χ1) is 6.03. The molecule has 0 saturated carbocycles. The summed E-state index contributed by atoms with van der Waals surface area (Å²) in [6.07, 6.45) is 0. The predicted octanol–water partition coefficient (Wildman–Crippen LogP) is 3.35. The Balaban J connectivity index is 2.96. The average Bonchev–Trinajstić information content (AvgIpc) is 2.02. The Morgan fingerprint density at radius 1 is 1.23 bits per heavy atom. The number of rotatable bonds is 1. The van der Waals surface area contributed by atoms with Crippen molar-refractivity contribution >= 4 is 5.69 Å². The van der Waals surface area contributed by atoms with E-state index in [4.69, 9.17) is 10.1 Å². The van der Waals surface area contributed by atoms with Gasteiger partial charge in [-0.1, -0.05) is 12.1 Å². The molecule has 1 aromatic carbocycles. The molecule has 1 aromatic rings. The second kappa shape index (κ2) is 3.44. The third-order valence-electron chi connectivity index (χ3n) is 1.39. The number of diazo groups is 1. The number of nitrogens with zero attached hydrogens (tertiary/aromatic N) is 2. The molecule has 0 unspecified atom stereocenters. The van der Waals surface area contributed by atoms with Gasteiger partial charge in [-0.15, -0.1) is 0 Å². The van der Waals surface area contributed by atoms with E-state index in [0.29, 0.717) is 11.4 Å². The molecule has 0 heterocycles. The van der Waals surface area contributed by atoms with Gasteiger partial charge in [-0.25, -0.2) is 0 Å². The summed E-state index contributed by atoms with van der Waals surface area (Å²) in [5.74, 6) is 0.595. The molecule has 0 aliphatic carbocycles. The highest BCUT2D eigenvalue weighted by Crippen LogP contribution is 2.29. The third kappa shape index (κ3) is 2.75. The monoisotopic (exact) mass is 177 g/mol. The molecule has 0 aromatic heterocycles. The van der Waals surface area contributed by atoms with E-state index < -0.39 is 0 Å². The molecule has 0 atom stereocenters. The van der Waals surface area contributed by atoms with Gasteiger partial charge in [-0.2, -0.15) is 0 Å². The fourth-order valence-corrected chi connectivity index (χ4v) is 0.956. The number of benzene rings is 1. The first kappa shape index (κ1) is 9.53. The molecular formula is C10H13N2O+. The summed E-state index contributed by atoms with van der Waals surface area (Å²) in [7, 11) is 0. The van der Waals surface area contributed by atoms with Gasteiger partial charge >= 0.3 is 5.69 Å². The zero-order valence-electron chi connectivity index (χ0n) is 8.11. The maximum atomic E-state index is 8.66. The van der Waals surface area contributed by atoms with Crippen molar-refractivity contribution in [1.29, 1.82) is 5.39 Å². The van der Waals surface area contributed by atoms with Crippen LogP contribution in [-0.2, 0) is 0 Å². The maximum Gasteiger partial charge on any atom is 0.426 e. The Bertz CT molecular complexity index is 334. The lowest BCUT2D eigenvalue weighted by molar-refractivity contribution is 0.132. The van der Waals surface area contributed by atoms with Crippen LogP contribution < -0.4 is 4.74 Å². The van der Waals surface area contributed by atoms with Crippen molar-refractivity contribution in [3.8, 4) is 5.75 Å². The summed E-state index contributed by atoms with van der Waals surface area (Å²) in [6.45, 7) is 5.84. The molecule has 13 heavy (non-hydrogen) atoms. The summed E-state index contributed by atoms with van der Waals surface area (Å²) >= 11 is 0. The molecule has 0 N–H and O–H groups in total. The second-order valence-electron chi connectivity index (χ2n) is 3.78. The van der Waals surface area contributed by atoms with E-state index in [1.165, 1.54) is 0 Å². The molecule has 1 rings (SSSR count). The molecule has 68 valence electrons. The van der Waals surface area contributed by atoms with Gasteiger partial charge in [-0.3, -0.25) is 0 Å². The van der Waals surface area contributed by atoms with Gasteiger partial charge in [0.25, 0.3) is 0 Å². The van der Waals surface area contributed by atoms with Gasteiger partial charge in [0.2, 0.25) is 11.1 Å². The van der Waals surface area contributed by atoms with Crippen molar-refractivity contribution in [3.63, 3.8) is 0 Å². The minimum atomic E-state index is -0.277. The number of hydrogen-bond acceptors (Lipinski definition) is 2. The lowest BCUT2D eigenvalue weighted by Gasteiger charge is -2.19. The summed E-state index contributed by atoms with van der Waals surface area (Å²) in [5.41, 5.74) is 0.179. The lowest BCUT2D eigenvalue weighted by Crippen LogP contribution is -2.22. The molecule has 0 bridgehead atoms. The first-order valence-electron chi connectivity index (χ1n) is 4.16. The van der Waals surface area contributed by atoms with Crippen LogP contribution in [0.15, 0.2) is 24.3 Å². The molecule has 0 amide bonds. The molecule has 3 nitrogen and oxygen atoms in total. The number of para-hydroxylation sites is 1. The smallest absolute Gasteiger partial charge is 0.426 e. The van der Waals surface area contributed by atoms with Gasteiger partial charge in [0.05, 0.1) is 0 Å². The minimum Gasteiger partial charge on any atom is -0.480 e. The highest BCUT2D eigenvalue weighted by molar-refractivity contribution is 5.56. The Morgan fingerprint density at radius 3 is 2.38 bits per heavy atom. The van der Waals surface area contributed by atoms with Crippen molar-refractivity contribution < 1.29 is 4.74 Å². The summed E-state index contributed by atoms with van der Waals surface area (Å²) in [4.78, 5) is 3.13. The van der Waals surface area contributed by atoms with Crippen LogP contribution in [0.4, 0.5) is 5.69 Å². The van der Waals surface area contributed by atoms with Crippen LogP contribution >= 0.6 is 0 Å². The number of ether oxygens (including phenoxy) is 1. The van der Waals surface area contributed by atoms with E-state index in [9.17, 15) is 0 Å². The molecule has 0 fully saturated rings. The lowest BCUT2D eigenvalue weighted by atomic mass is 10.2. The van der Waals surface area contributed by atoms with Crippen LogP contribution in [0.2, 0.25) is 0 Å². The van der Waals surface area contributed by atoms with E-state index in [0.717, 1.165) is 0 Å². The maximum absolute atomic E-state index is 8.66. The van der Waals surface area contributed by atoms with Crippen LogP contribution in [0.25, 0.3) is 4.98 Å². The van der Waals surface area contributed by atoms with Crippen molar-refractivity contribution in [2.24, 2.45) is 0 Å². The minimum absolute atomic E-state index is 0.277. The van der Waals surface area contributed by atoms with Gasteiger partial charge < -0.3 is 4.74 Å². The van der Waals surface area contributed by atoms with Gasteiger partial charge in [0.1, 0.15) is 5.60 Å². The number of hydrogen-bond donors (Lipinski definition) is 0. The van der Waals surface area contributed by atoms with Crippen molar-refractivity contribution in [2.45, 2.75) is 26.4 Å². The zero-order chi connectivity index (χ0) is 9.90. The first-order valence-corrected chi connectivity index (χ1v) is 4.16. The summed E-state index contributed by atoms with van der Waals surface area (Å²) in [5, 5.41) is 8.66. The molecule has 0 saturated heterocycles. The van der Waals surface area contributed by atoms with Gasteiger partial charge in [-0.05, 0) is 26.8 Å². The SMILES string of the molecule is CC(C)(C)Oc1ccccc1[N+]#N. The van der Waals surface area contributed by atoms with Crippen LogP contribution in [0, 0.1) is 5.39 Å². The van der Waals surface area contributed by atoms with Crippen LogP contribution in [0.5, 0.6) is 5.75 Å². The molecule has 0 aliphatic rings. The Kier molecular flexibility index (Phi) is 2.52. The van der Waals surface area contributed by atoms with E-state index in [1.54, 1.807) is 18.2 Å². The summed E-state index contributed by atoms with van der Waals surface area (Å²) < 4.78 is 5.57. The van der Waals surface area contributed by atoms with Gasteiger partial charge in [0, 0.05) is 6.07 Å². The van der Waals surface area contributed by atoms with E-state index in [2.05, 4.69) is 4.98 Å². The zero-order valence-corrected chi connectivity index (χ0v) is 8.11. The third-order valence-corrected chi connectivity index (χ3v) is 1.39. The average molecular weight is 177 g/mol. The Morgan fingerprint density at radius 2 is 1.85 bits per heavy atom. The molecule has 0 aliphatic heterocycles. The quantitative estimate of drug-likeness (QED) is 0.617. The Labute approximate surface area is 78.0 Å². The molecular weight excluding hydrogens is 164 g/mol. The van der Waals surface area contributed by atoms with Crippen molar-refractivity contribution in [3.05, 3.63) is 29.2 Å². The normalized spacial score (nSPS) is 10.6. The van der Waals surface area contributed by atoms with E-state index in [1.807, 2.05) is 26.8 Å². The summed E-state index contributed by atoms with van der Waals surface area (Å²) in [6, 6.07) is 7.11. The molecule has 3 heteroatoms. The fraction of sp³-hybridized carbons (Fsp3) is 0.400. The standard InChI is InChI=1S/C10H13N2O/c1-10(2,3)13-9-7-5-4-6-8(9)12-11/h4-7H,1-3H3/q+1. The van der Waals surface area contributed by atoms with Crippen LogP contribution in [0.1, 0.15) is 20.8 Å². The van der Waals surface area contributed by atoms with E-state index in [-0.39, 0.29) is 5.60 Å². The topological polar surface area (TPSA) is 37.4 Å². The molecule has 0 radical (unpaired) electrons. The van der Waals surface area contributed by atoms with Gasteiger partial charge in [0.15, 0.2) is 4.98 Å². The largest absolute Gasteiger partial charge is 0.480 e. The fourth-order valence-electron chi connectivity index (χ4n) is 0.956. The van der Waals surface area contributed by atoms with E-state index >= 15 is 0 Å². The van der Waals surface area contributed by atoms with Crippen molar-refractivity contribution in [2.75, 3.05) is 0 Å².